The van der Waals surface area contributed by atoms with Gasteiger partial charge in [0.25, 0.3) is 15.9 Å². The maximum Gasteiger partial charge on any atom is 0.281 e. The summed E-state index contributed by atoms with van der Waals surface area (Å²) in [4.78, 5) is 24.2. The van der Waals surface area contributed by atoms with Crippen molar-refractivity contribution in [2.75, 3.05) is 23.8 Å². The molecule has 10 heteroatoms. The van der Waals surface area contributed by atoms with Crippen molar-refractivity contribution in [2.45, 2.75) is 63.6 Å². The molecule has 3 N–H and O–H groups in total. The van der Waals surface area contributed by atoms with Gasteiger partial charge in [-0.15, -0.1) is 0 Å². The highest BCUT2D eigenvalue weighted by molar-refractivity contribution is 7.90. The van der Waals surface area contributed by atoms with E-state index in [1.54, 1.807) is 12.1 Å². The predicted molar refractivity (Wildman–Crippen MR) is 135 cm³/mol. The highest BCUT2D eigenvalue weighted by atomic mass is 32.2. The number of sulfonamides is 1. The largest absolute Gasteiger partial charge is 0.384 e. The van der Waals surface area contributed by atoms with Crippen molar-refractivity contribution in [2.24, 2.45) is 5.92 Å². The fraction of sp³-hybridized carbons (Fsp3) is 0.480. The average Bonchev–Trinajstić information content (AvgIpc) is 3.04. The maximum atomic E-state index is 13.3. The van der Waals surface area contributed by atoms with Gasteiger partial charge in [-0.25, -0.2) is 14.7 Å². The third kappa shape index (κ3) is 5.33. The number of carbonyl (C=O) groups excluding carboxylic acids is 1. The Morgan fingerprint density at radius 1 is 1.17 bits per heavy atom. The number of nitrogens with two attached hydrogens (primary N) is 1. The Hall–Kier alpha value is -2.98. The molecule has 0 spiro atoms. The first-order valence-corrected chi connectivity index (χ1v) is 13.2. The topological polar surface area (TPSA) is 128 Å². The van der Waals surface area contributed by atoms with E-state index < -0.39 is 21.5 Å². The number of nitrogens with zero attached hydrogens (tertiary/aromatic N) is 3. The van der Waals surface area contributed by atoms with Crippen molar-refractivity contribution < 1.29 is 17.9 Å². The van der Waals surface area contributed by atoms with Crippen LogP contribution in [0.5, 0.6) is 0 Å². The minimum Gasteiger partial charge on any atom is -0.384 e. The molecule has 9 nitrogen and oxygen atoms in total. The number of ether oxygens (including phenoxy) is 1. The normalized spacial score (nSPS) is 21.5. The zero-order chi connectivity index (χ0) is 25.6. The van der Waals surface area contributed by atoms with E-state index in [0.29, 0.717) is 31.3 Å². The lowest BCUT2D eigenvalue weighted by Crippen LogP contribution is -2.41. The summed E-state index contributed by atoms with van der Waals surface area (Å²) in [7, 11) is -4.22. The number of hydrogen-bond acceptors (Lipinski definition) is 8. The molecule has 1 fully saturated rings. The van der Waals surface area contributed by atoms with Crippen LogP contribution in [-0.2, 0) is 14.8 Å². The van der Waals surface area contributed by atoms with Gasteiger partial charge < -0.3 is 15.4 Å². The van der Waals surface area contributed by atoms with Crippen LogP contribution in [0.3, 0.4) is 0 Å². The van der Waals surface area contributed by atoms with E-state index in [-0.39, 0.29) is 21.9 Å². The zero-order valence-corrected chi connectivity index (χ0v) is 21.6. The molecule has 35 heavy (non-hydrogen) atoms. The average molecular weight is 500 g/mol. The van der Waals surface area contributed by atoms with E-state index in [1.807, 2.05) is 13.8 Å². The van der Waals surface area contributed by atoms with Crippen molar-refractivity contribution in [3.8, 4) is 0 Å². The van der Waals surface area contributed by atoms with Gasteiger partial charge >= 0.3 is 0 Å². The van der Waals surface area contributed by atoms with E-state index in [9.17, 15) is 13.2 Å². The molecule has 2 aliphatic heterocycles. The first-order valence-electron chi connectivity index (χ1n) is 11.7. The quantitative estimate of drug-likeness (QED) is 0.641. The molecular weight excluding hydrogens is 466 g/mol. The van der Waals surface area contributed by atoms with Crippen LogP contribution in [0.2, 0.25) is 0 Å². The first kappa shape index (κ1) is 25.1. The third-order valence-corrected chi connectivity index (χ3v) is 7.62. The molecule has 4 heterocycles. The summed E-state index contributed by atoms with van der Waals surface area (Å²) in [5, 5.41) is -0.318. The lowest BCUT2D eigenvalue weighted by Gasteiger charge is -2.34. The van der Waals surface area contributed by atoms with Gasteiger partial charge in [-0.05, 0) is 82.4 Å². The standard InChI is InChI=1S/C25H33N5O4S/c1-16-13-24(2,3)30(15-16)22-18(9-10-19(27-22)17-11-12-34-25(4,5)14-17)23(31)29-35(32,33)21-8-6-7-20(26)28-21/h6-10,14,16H,11-13,15H2,1-5H3,(H2,26,28)(H,29,31)/t16-/m0/s1. The molecule has 1 amide bonds. The van der Waals surface area contributed by atoms with Gasteiger partial charge in [0, 0.05) is 12.1 Å². The van der Waals surface area contributed by atoms with E-state index in [2.05, 4.69) is 41.5 Å². The van der Waals surface area contributed by atoms with Crippen molar-refractivity contribution in [1.29, 1.82) is 0 Å². The van der Waals surface area contributed by atoms with Crippen molar-refractivity contribution in [1.82, 2.24) is 14.7 Å². The van der Waals surface area contributed by atoms with Gasteiger partial charge in [-0.1, -0.05) is 13.0 Å². The molecule has 4 rings (SSSR count). The summed E-state index contributed by atoms with van der Waals surface area (Å²) < 4.78 is 33.7. The maximum absolute atomic E-state index is 13.3. The molecule has 0 aromatic carbocycles. The van der Waals surface area contributed by atoms with Gasteiger partial charge in [0.15, 0.2) is 5.03 Å². The Labute approximate surface area is 206 Å². The van der Waals surface area contributed by atoms with Crippen LogP contribution in [-0.4, -0.2) is 48.6 Å². The molecular formula is C25H33N5O4S. The summed E-state index contributed by atoms with van der Waals surface area (Å²) in [6.07, 6.45) is 3.68. The smallest absolute Gasteiger partial charge is 0.281 e. The fourth-order valence-electron chi connectivity index (χ4n) is 4.94. The fourth-order valence-corrected chi connectivity index (χ4v) is 5.88. The Balaban J connectivity index is 1.76. The molecule has 2 aliphatic rings. The molecule has 1 atom stereocenters. The zero-order valence-electron chi connectivity index (χ0n) is 20.8. The predicted octanol–water partition coefficient (Wildman–Crippen LogP) is 3.38. The molecule has 2 aromatic rings. The molecule has 0 aliphatic carbocycles. The van der Waals surface area contributed by atoms with Gasteiger partial charge in [0.2, 0.25) is 0 Å². The molecule has 188 valence electrons. The minimum absolute atomic E-state index is 0.0486. The van der Waals surface area contributed by atoms with Gasteiger partial charge in [-0.2, -0.15) is 8.42 Å². The highest BCUT2D eigenvalue weighted by Gasteiger charge is 2.39. The molecule has 1 saturated heterocycles. The lowest BCUT2D eigenvalue weighted by atomic mass is 9.96. The van der Waals surface area contributed by atoms with Gasteiger partial charge in [-0.3, -0.25) is 4.79 Å². The van der Waals surface area contributed by atoms with Crippen LogP contribution in [0, 0.1) is 5.92 Å². The van der Waals surface area contributed by atoms with Crippen LogP contribution in [0.1, 0.15) is 63.5 Å². The van der Waals surface area contributed by atoms with E-state index in [0.717, 1.165) is 17.7 Å². The van der Waals surface area contributed by atoms with Crippen molar-refractivity contribution in [3.63, 3.8) is 0 Å². The van der Waals surface area contributed by atoms with Gasteiger partial charge in [0.05, 0.1) is 23.5 Å². The monoisotopic (exact) mass is 499 g/mol. The molecule has 0 unspecified atom stereocenters. The number of hydrogen-bond donors (Lipinski definition) is 2. The van der Waals surface area contributed by atoms with Crippen molar-refractivity contribution >= 4 is 33.1 Å². The summed E-state index contributed by atoms with van der Waals surface area (Å²) in [6, 6.07) is 7.66. The number of pyridine rings is 2. The summed E-state index contributed by atoms with van der Waals surface area (Å²) in [5.41, 5.74) is 6.95. The van der Waals surface area contributed by atoms with Crippen LogP contribution in [0.4, 0.5) is 11.6 Å². The second kappa shape index (κ2) is 8.91. The van der Waals surface area contributed by atoms with Crippen molar-refractivity contribution in [3.05, 3.63) is 47.7 Å². The highest BCUT2D eigenvalue weighted by Crippen LogP contribution is 2.38. The molecule has 2 aromatic heterocycles. The van der Waals surface area contributed by atoms with Crippen LogP contribution < -0.4 is 15.4 Å². The van der Waals surface area contributed by atoms with Crippen LogP contribution in [0.15, 0.2) is 41.4 Å². The number of nitrogens with one attached hydrogen (secondary N) is 1. The number of nitrogen functional groups attached to an aromatic ring is 1. The molecule has 0 bridgehead atoms. The minimum atomic E-state index is -4.22. The molecule has 0 saturated carbocycles. The number of rotatable bonds is 5. The lowest BCUT2D eigenvalue weighted by molar-refractivity contribution is 0.0164. The van der Waals surface area contributed by atoms with Crippen LogP contribution in [0.25, 0.3) is 5.57 Å². The Morgan fingerprint density at radius 3 is 2.54 bits per heavy atom. The third-order valence-electron chi connectivity index (χ3n) is 6.39. The number of anilines is 2. The summed E-state index contributed by atoms with van der Waals surface area (Å²) >= 11 is 0. The Bertz CT molecular complexity index is 1290. The summed E-state index contributed by atoms with van der Waals surface area (Å²) in [6.45, 7) is 11.7. The Morgan fingerprint density at radius 2 is 1.91 bits per heavy atom. The SMILES string of the molecule is C[C@@H]1CN(c2nc(C3=CC(C)(C)OCC3)ccc2C(=O)NS(=O)(=O)c2cccc(N)n2)C(C)(C)C1. The molecule has 0 radical (unpaired) electrons. The first-order chi connectivity index (χ1) is 16.3. The second-order valence-corrected chi connectivity index (χ2v) is 12.1. The van der Waals surface area contributed by atoms with Crippen LogP contribution >= 0.6 is 0 Å². The number of aromatic nitrogens is 2. The number of carbonyl (C=O) groups is 1. The van der Waals surface area contributed by atoms with E-state index in [1.165, 1.54) is 18.2 Å². The van der Waals surface area contributed by atoms with E-state index in [4.69, 9.17) is 15.5 Å². The summed E-state index contributed by atoms with van der Waals surface area (Å²) in [5.74, 6) is 0.149. The van der Waals surface area contributed by atoms with Gasteiger partial charge in [0.1, 0.15) is 11.6 Å². The Kier molecular flexibility index (Phi) is 6.39. The van der Waals surface area contributed by atoms with E-state index >= 15 is 0 Å². The number of amides is 1. The second-order valence-electron chi connectivity index (χ2n) is 10.5.